The molecule has 0 bridgehead atoms. The first kappa shape index (κ1) is 41.2. The quantitative estimate of drug-likeness (QED) is 0.171. The molecule has 3 amide bonds. The van der Waals surface area contributed by atoms with Crippen molar-refractivity contribution in [2.24, 2.45) is 16.7 Å². The number of pyridine rings is 1. The normalized spacial score (nSPS) is 23.1. The summed E-state index contributed by atoms with van der Waals surface area (Å²) in [4.78, 5) is 61.8. The molecular formula is C44H49ClFN9O5. The van der Waals surface area contributed by atoms with Gasteiger partial charge in [0, 0.05) is 86.2 Å². The highest BCUT2D eigenvalue weighted by molar-refractivity contribution is 6.31. The number of carbonyl (C=O) groups is 3. The van der Waals surface area contributed by atoms with Gasteiger partial charge in [0.25, 0.3) is 17.4 Å². The minimum Gasteiger partial charge on any atom is -0.489 e. The molecule has 3 aliphatic heterocycles. The summed E-state index contributed by atoms with van der Waals surface area (Å²) in [5.41, 5.74) is -0.0568. The number of amides is 3. The average molecular weight is 838 g/mol. The molecule has 2 aromatic carbocycles. The van der Waals surface area contributed by atoms with Crippen molar-refractivity contribution in [1.82, 2.24) is 30.3 Å². The summed E-state index contributed by atoms with van der Waals surface area (Å²) in [6.45, 7) is 14.0. The summed E-state index contributed by atoms with van der Waals surface area (Å²) in [7, 11) is 0. The highest BCUT2D eigenvalue weighted by Crippen LogP contribution is 2.55. The summed E-state index contributed by atoms with van der Waals surface area (Å²) in [5.74, 6) is -0.610. The zero-order valence-corrected chi connectivity index (χ0v) is 35.0. The van der Waals surface area contributed by atoms with E-state index in [2.05, 4.69) is 35.4 Å². The van der Waals surface area contributed by atoms with Crippen LogP contribution in [0.1, 0.15) is 75.3 Å². The number of piperazine rings is 1. The topological polar surface area (TPSA) is 166 Å². The Morgan fingerprint density at radius 2 is 1.70 bits per heavy atom. The number of imide groups is 1. The number of halogens is 2. The van der Waals surface area contributed by atoms with Crippen LogP contribution in [0.3, 0.4) is 0 Å². The number of hydrogen-bond donors (Lipinski definition) is 2. The number of aromatic nitrogens is 3. The van der Waals surface area contributed by atoms with E-state index >= 15 is 4.39 Å². The average Bonchev–Trinajstić information content (AvgIpc) is 3.22. The van der Waals surface area contributed by atoms with Gasteiger partial charge in [0.15, 0.2) is 0 Å². The van der Waals surface area contributed by atoms with Crippen LogP contribution >= 0.6 is 11.6 Å². The Balaban J connectivity index is 0.807. The Bertz CT molecular complexity index is 2440. The predicted molar refractivity (Wildman–Crippen MR) is 225 cm³/mol. The monoisotopic (exact) mass is 837 g/mol. The van der Waals surface area contributed by atoms with Crippen LogP contribution < -0.4 is 30.7 Å². The van der Waals surface area contributed by atoms with E-state index in [0.29, 0.717) is 38.8 Å². The predicted octanol–water partition coefficient (Wildman–Crippen LogP) is 5.08. The first-order valence-electron chi connectivity index (χ1n) is 20.5. The smallest absolute Gasteiger partial charge is 0.275 e. The molecule has 4 aliphatic rings. The van der Waals surface area contributed by atoms with Crippen molar-refractivity contribution in [3.05, 3.63) is 87.2 Å². The second kappa shape index (κ2) is 16.1. The number of carbonyl (C=O) groups excluding carboxylic acids is 3. The third-order valence-corrected chi connectivity index (χ3v) is 13.3. The summed E-state index contributed by atoms with van der Waals surface area (Å²) in [6.07, 6.45) is 3.64. The lowest BCUT2D eigenvalue weighted by molar-refractivity contribution is -0.164. The van der Waals surface area contributed by atoms with Crippen molar-refractivity contribution in [3.8, 4) is 11.8 Å². The Labute approximate surface area is 352 Å². The van der Waals surface area contributed by atoms with E-state index in [4.69, 9.17) is 16.3 Å². The highest BCUT2D eigenvalue weighted by Gasteiger charge is 2.64. The van der Waals surface area contributed by atoms with Crippen molar-refractivity contribution in [3.63, 3.8) is 0 Å². The Morgan fingerprint density at radius 1 is 0.967 bits per heavy atom. The van der Waals surface area contributed by atoms with Crippen LogP contribution in [0.4, 0.5) is 15.9 Å². The zero-order valence-electron chi connectivity index (χ0n) is 34.2. The van der Waals surface area contributed by atoms with Gasteiger partial charge in [-0.3, -0.25) is 29.4 Å². The van der Waals surface area contributed by atoms with Crippen LogP contribution in [-0.2, 0) is 9.59 Å². The maximum Gasteiger partial charge on any atom is 0.275 e. The molecule has 4 fully saturated rings. The molecule has 5 heterocycles. The fourth-order valence-electron chi connectivity index (χ4n) is 9.96. The number of benzene rings is 2. The molecular weight excluding hydrogens is 789 g/mol. The van der Waals surface area contributed by atoms with Crippen LogP contribution in [0, 0.1) is 34.0 Å². The van der Waals surface area contributed by atoms with Crippen LogP contribution in [0.5, 0.6) is 5.75 Å². The van der Waals surface area contributed by atoms with Crippen molar-refractivity contribution in [2.75, 3.05) is 55.6 Å². The van der Waals surface area contributed by atoms with E-state index in [9.17, 15) is 24.4 Å². The van der Waals surface area contributed by atoms with E-state index in [0.717, 1.165) is 64.3 Å². The fourth-order valence-corrected chi connectivity index (χ4v) is 10.2. The fraction of sp³-hybridized carbons (Fsp3) is 0.477. The number of nitriles is 1. The molecule has 1 aliphatic carbocycles. The minimum absolute atomic E-state index is 0.101. The first-order chi connectivity index (χ1) is 28.6. The van der Waals surface area contributed by atoms with E-state index in [1.807, 2.05) is 45.9 Å². The number of anilines is 2. The number of nitrogens with one attached hydrogen (secondary N) is 2. The van der Waals surface area contributed by atoms with Gasteiger partial charge in [-0.1, -0.05) is 39.3 Å². The van der Waals surface area contributed by atoms with E-state index < -0.39 is 34.6 Å². The lowest BCUT2D eigenvalue weighted by Gasteiger charge is -2.63. The number of piperidine rings is 2. The molecule has 0 unspecified atom stereocenters. The van der Waals surface area contributed by atoms with Gasteiger partial charge in [-0.25, -0.2) is 9.67 Å². The molecule has 0 spiro atoms. The maximum absolute atomic E-state index is 15.5. The molecule has 1 saturated carbocycles. The second-order valence-electron chi connectivity index (χ2n) is 17.7. The van der Waals surface area contributed by atoms with Crippen LogP contribution in [0.25, 0.3) is 10.8 Å². The number of nitrogens with zero attached hydrogens (tertiary/aromatic N) is 7. The maximum atomic E-state index is 15.5. The van der Waals surface area contributed by atoms with Gasteiger partial charge in [-0.2, -0.15) is 14.8 Å². The van der Waals surface area contributed by atoms with Crippen molar-refractivity contribution in [2.45, 2.75) is 71.6 Å². The molecule has 0 radical (unpaired) electrons. The first-order valence-corrected chi connectivity index (χ1v) is 20.9. The minimum atomic E-state index is -0.800. The highest BCUT2D eigenvalue weighted by atomic mass is 35.5. The largest absolute Gasteiger partial charge is 0.489 e. The molecule has 4 aromatic rings. The third-order valence-electron chi connectivity index (χ3n) is 13.0. The Morgan fingerprint density at radius 3 is 2.37 bits per heavy atom. The second-order valence-corrected chi connectivity index (χ2v) is 18.1. The van der Waals surface area contributed by atoms with Crippen LogP contribution in [0.15, 0.2) is 59.5 Å². The summed E-state index contributed by atoms with van der Waals surface area (Å²) >= 11 is 6.23. The van der Waals surface area contributed by atoms with Gasteiger partial charge < -0.3 is 19.9 Å². The SMILES string of the molecule is CC1(C)C(NC(=O)c2ccc(N3CCC(CN4CCN(c5ccc6c(=O)n([C@@H]7CCC(=O)NC7=O)ncc6c5)CC4)CC3)nc2F)C(C)(C)C1Oc1ccc(C#N)c(Cl)c1. The van der Waals surface area contributed by atoms with Gasteiger partial charge in [-0.15, -0.1) is 0 Å². The number of hydrogen-bond acceptors (Lipinski definition) is 11. The van der Waals surface area contributed by atoms with Crippen LogP contribution in [-0.4, -0.2) is 95.3 Å². The molecule has 14 nitrogen and oxygen atoms in total. The molecule has 60 heavy (non-hydrogen) atoms. The van der Waals surface area contributed by atoms with Gasteiger partial charge >= 0.3 is 0 Å². The molecule has 16 heteroatoms. The van der Waals surface area contributed by atoms with Crippen LogP contribution in [0.2, 0.25) is 5.02 Å². The van der Waals surface area contributed by atoms with E-state index in [-0.39, 0.29) is 42.0 Å². The molecule has 2 N–H and O–H groups in total. The molecule has 1 atom stereocenters. The van der Waals surface area contributed by atoms with Gasteiger partial charge in [0.2, 0.25) is 11.9 Å². The van der Waals surface area contributed by atoms with Gasteiger partial charge in [-0.05, 0) is 67.6 Å². The molecule has 3 saturated heterocycles. The summed E-state index contributed by atoms with van der Waals surface area (Å²) in [6, 6.07) is 14.8. The molecule has 2 aromatic heterocycles. The van der Waals surface area contributed by atoms with Crippen molar-refractivity contribution < 1.29 is 23.5 Å². The third kappa shape index (κ3) is 7.78. The van der Waals surface area contributed by atoms with Crippen molar-refractivity contribution in [1.29, 1.82) is 5.26 Å². The standard InChI is InChI=1S/C44H49ClFN9O5/c1-43(2)41(44(3,4)42(43)60-30-7-5-27(23-47)33(45)22-30)51-38(57)32-9-11-35(49-37(32)46)54-15-13-26(14-16-54)25-52-17-19-53(20-18-52)29-6-8-31-28(21-29)24-48-55(40(31)59)34-10-12-36(56)50-39(34)58/h5-9,11,21-22,24,26,34,41-42H,10,12-20,25H2,1-4H3,(H,51,57)(H,50,56,58)/t34-,41?,42?/m1/s1. The lowest BCUT2D eigenvalue weighted by atomic mass is 9.49. The number of rotatable bonds is 9. The Hall–Kier alpha value is -5.59. The summed E-state index contributed by atoms with van der Waals surface area (Å²) < 4.78 is 23.0. The lowest BCUT2D eigenvalue weighted by Crippen LogP contribution is -2.74. The zero-order chi connectivity index (χ0) is 42.5. The van der Waals surface area contributed by atoms with E-state index in [1.54, 1.807) is 36.5 Å². The molecule has 8 rings (SSSR count). The van der Waals surface area contributed by atoms with Gasteiger partial charge in [0.05, 0.1) is 27.7 Å². The summed E-state index contributed by atoms with van der Waals surface area (Å²) in [5, 5.41) is 20.4. The van der Waals surface area contributed by atoms with Crippen molar-refractivity contribution >= 4 is 51.6 Å². The number of ether oxygens (including phenoxy) is 1. The molecule has 314 valence electrons. The van der Waals surface area contributed by atoms with Gasteiger partial charge in [0.1, 0.15) is 29.8 Å². The number of fused-ring (bicyclic) bond motifs is 1. The van der Waals surface area contributed by atoms with E-state index in [1.165, 1.54) is 10.7 Å². The Kier molecular flexibility index (Phi) is 11.1.